The second kappa shape index (κ2) is 5.68. The Labute approximate surface area is 105 Å². The van der Waals surface area contributed by atoms with Crippen LogP contribution in [-0.2, 0) is 4.74 Å². The molecular weight excluding hydrogens is 214 g/mol. The van der Waals surface area contributed by atoms with E-state index in [0.29, 0.717) is 5.92 Å². The zero-order valence-electron chi connectivity index (χ0n) is 11.3. The van der Waals surface area contributed by atoms with Crippen LogP contribution in [0.5, 0.6) is 0 Å². The Bertz CT molecular complexity index is 234. The number of nitrogens with zero attached hydrogens (tertiary/aromatic N) is 1. The van der Waals surface area contributed by atoms with Gasteiger partial charge in [-0.05, 0) is 58.0 Å². The Balaban J connectivity index is 2.04. The zero-order valence-corrected chi connectivity index (χ0v) is 11.3. The Morgan fingerprint density at radius 3 is 2.41 bits per heavy atom. The highest BCUT2D eigenvalue weighted by molar-refractivity contribution is 4.97. The summed E-state index contributed by atoms with van der Waals surface area (Å²) in [6, 6.07) is 0. The van der Waals surface area contributed by atoms with E-state index < -0.39 is 0 Å². The summed E-state index contributed by atoms with van der Waals surface area (Å²) in [4.78, 5) is 2.51. The van der Waals surface area contributed by atoms with Gasteiger partial charge in [0.2, 0.25) is 0 Å². The van der Waals surface area contributed by atoms with Crippen molar-refractivity contribution < 1.29 is 9.84 Å². The maximum absolute atomic E-state index is 10.8. The molecule has 0 aromatic rings. The number of aliphatic hydroxyl groups is 1. The number of ether oxygens (including phenoxy) is 1. The van der Waals surface area contributed by atoms with Crippen LogP contribution in [0.2, 0.25) is 0 Å². The molecule has 3 heteroatoms. The lowest BCUT2D eigenvalue weighted by Gasteiger charge is -2.45. The van der Waals surface area contributed by atoms with Gasteiger partial charge in [0.15, 0.2) is 0 Å². The lowest BCUT2D eigenvalue weighted by Crippen LogP contribution is -2.56. The molecule has 2 fully saturated rings. The SMILES string of the molecule is CCC(C)(C(O)C1CCOCC1)N1CCCC1. The van der Waals surface area contributed by atoms with Gasteiger partial charge >= 0.3 is 0 Å². The van der Waals surface area contributed by atoms with Crippen LogP contribution < -0.4 is 0 Å². The summed E-state index contributed by atoms with van der Waals surface area (Å²) in [6.45, 7) is 8.41. The molecule has 0 amide bonds. The van der Waals surface area contributed by atoms with Crippen molar-refractivity contribution in [2.75, 3.05) is 26.3 Å². The average Bonchev–Trinajstić information content (AvgIpc) is 2.92. The van der Waals surface area contributed by atoms with Crippen molar-refractivity contribution in [3.8, 4) is 0 Å². The first-order chi connectivity index (χ1) is 8.18. The molecule has 0 aliphatic carbocycles. The van der Waals surface area contributed by atoms with E-state index >= 15 is 0 Å². The molecule has 100 valence electrons. The van der Waals surface area contributed by atoms with Crippen LogP contribution in [0.25, 0.3) is 0 Å². The van der Waals surface area contributed by atoms with Crippen molar-refractivity contribution in [1.29, 1.82) is 0 Å². The summed E-state index contributed by atoms with van der Waals surface area (Å²) in [5.74, 6) is 0.425. The summed E-state index contributed by atoms with van der Waals surface area (Å²) < 4.78 is 5.40. The summed E-state index contributed by atoms with van der Waals surface area (Å²) in [5, 5.41) is 10.8. The van der Waals surface area contributed by atoms with Gasteiger partial charge in [0, 0.05) is 18.8 Å². The Hall–Kier alpha value is -0.120. The molecule has 2 aliphatic heterocycles. The van der Waals surface area contributed by atoms with Gasteiger partial charge in [0.05, 0.1) is 6.10 Å². The van der Waals surface area contributed by atoms with E-state index in [0.717, 1.165) is 45.6 Å². The van der Waals surface area contributed by atoms with E-state index in [9.17, 15) is 5.11 Å². The van der Waals surface area contributed by atoms with Gasteiger partial charge in [-0.1, -0.05) is 6.92 Å². The molecule has 1 N–H and O–H groups in total. The van der Waals surface area contributed by atoms with Gasteiger partial charge in [-0.15, -0.1) is 0 Å². The van der Waals surface area contributed by atoms with Crippen molar-refractivity contribution in [2.45, 2.75) is 57.6 Å². The van der Waals surface area contributed by atoms with Crippen molar-refractivity contribution in [3.05, 3.63) is 0 Å². The molecule has 2 atom stereocenters. The van der Waals surface area contributed by atoms with Crippen molar-refractivity contribution >= 4 is 0 Å². The summed E-state index contributed by atoms with van der Waals surface area (Å²) >= 11 is 0. The third-order valence-electron chi connectivity index (χ3n) is 4.89. The van der Waals surface area contributed by atoms with Crippen LogP contribution in [-0.4, -0.2) is 48.0 Å². The third kappa shape index (κ3) is 2.67. The van der Waals surface area contributed by atoms with E-state index in [1.165, 1.54) is 12.8 Å². The molecule has 2 heterocycles. The topological polar surface area (TPSA) is 32.7 Å². The van der Waals surface area contributed by atoms with Crippen LogP contribution in [0.1, 0.15) is 46.0 Å². The number of hydrogen-bond donors (Lipinski definition) is 1. The normalized spacial score (nSPS) is 29.1. The minimum atomic E-state index is -0.200. The van der Waals surface area contributed by atoms with E-state index in [4.69, 9.17) is 4.74 Å². The number of rotatable bonds is 4. The first kappa shape index (κ1) is 13.3. The fourth-order valence-corrected chi connectivity index (χ4v) is 3.39. The number of hydrogen-bond acceptors (Lipinski definition) is 3. The minimum absolute atomic E-state index is 0.0293. The molecule has 0 saturated carbocycles. The van der Waals surface area contributed by atoms with Crippen LogP contribution >= 0.6 is 0 Å². The monoisotopic (exact) mass is 241 g/mol. The van der Waals surface area contributed by atoms with E-state index in [1.807, 2.05) is 0 Å². The van der Waals surface area contributed by atoms with Crippen LogP contribution in [0.15, 0.2) is 0 Å². The van der Waals surface area contributed by atoms with Crippen molar-refractivity contribution in [2.24, 2.45) is 5.92 Å². The molecule has 0 bridgehead atoms. The Morgan fingerprint density at radius 2 is 1.88 bits per heavy atom. The molecular formula is C14H27NO2. The quantitative estimate of drug-likeness (QED) is 0.817. The lowest BCUT2D eigenvalue weighted by atomic mass is 9.79. The van der Waals surface area contributed by atoms with Crippen molar-refractivity contribution in [1.82, 2.24) is 4.90 Å². The highest BCUT2D eigenvalue weighted by Gasteiger charge is 2.42. The maximum Gasteiger partial charge on any atom is 0.0750 e. The highest BCUT2D eigenvalue weighted by atomic mass is 16.5. The lowest BCUT2D eigenvalue weighted by molar-refractivity contribution is -0.0736. The van der Waals surface area contributed by atoms with Gasteiger partial charge < -0.3 is 9.84 Å². The van der Waals surface area contributed by atoms with Crippen LogP contribution in [0, 0.1) is 5.92 Å². The third-order valence-corrected chi connectivity index (χ3v) is 4.89. The van der Waals surface area contributed by atoms with Gasteiger partial charge in [-0.2, -0.15) is 0 Å². The van der Waals surface area contributed by atoms with Crippen LogP contribution in [0.3, 0.4) is 0 Å². The largest absolute Gasteiger partial charge is 0.391 e. The standard InChI is InChI=1S/C14H27NO2/c1-3-14(2,15-8-4-5-9-15)13(16)12-6-10-17-11-7-12/h12-13,16H,3-11H2,1-2H3. The van der Waals surface area contributed by atoms with E-state index in [1.54, 1.807) is 0 Å². The molecule has 17 heavy (non-hydrogen) atoms. The molecule has 2 unspecified atom stereocenters. The zero-order chi connectivity index (χ0) is 12.3. The fraction of sp³-hybridized carbons (Fsp3) is 1.00. The maximum atomic E-state index is 10.8. The predicted molar refractivity (Wildman–Crippen MR) is 69.1 cm³/mol. The molecule has 0 aromatic carbocycles. The van der Waals surface area contributed by atoms with Crippen LogP contribution in [0.4, 0.5) is 0 Å². The van der Waals surface area contributed by atoms with Gasteiger partial charge in [0.1, 0.15) is 0 Å². The van der Waals surface area contributed by atoms with E-state index in [-0.39, 0.29) is 11.6 Å². The molecule has 0 aromatic heterocycles. The Morgan fingerprint density at radius 1 is 1.29 bits per heavy atom. The summed E-state index contributed by atoms with van der Waals surface area (Å²) in [6.07, 6.45) is 5.45. The first-order valence-corrected chi connectivity index (χ1v) is 7.19. The molecule has 2 saturated heterocycles. The van der Waals surface area contributed by atoms with E-state index in [2.05, 4.69) is 18.7 Å². The summed E-state index contributed by atoms with van der Waals surface area (Å²) in [7, 11) is 0. The smallest absolute Gasteiger partial charge is 0.0750 e. The first-order valence-electron chi connectivity index (χ1n) is 7.19. The number of likely N-dealkylation sites (tertiary alicyclic amines) is 1. The molecule has 0 radical (unpaired) electrons. The average molecular weight is 241 g/mol. The summed E-state index contributed by atoms with van der Waals surface area (Å²) in [5.41, 5.74) is -0.0293. The van der Waals surface area contributed by atoms with Gasteiger partial charge in [0.25, 0.3) is 0 Å². The van der Waals surface area contributed by atoms with Gasteiger partial charge in [-0.3, -0.25) is 4.90 Å². The molecule has 0 spiro atoms. The second-order valence-electron chi connectivity index (χ2n) is 5.80. The molecule has 3 nitrogen and oxygen atoms in total. The fourth-order valence-electron chi connectivity index (χ4n) is 3.39. The molecule has 2 rings (SSSR count). The number of aliphatic hydroxyl groups excluding tert-OH is 1. The highest BCUT2D eigenvalue weighted by Crippen LogP contribution is 2.34. The van der Waals surface area contributed by atoms with Crippen molar-refractivity contribution in [3.63, 3.8) is 0 Å². The predicted octanol–water partition coefficient (Wildman–Crippen LogP) is 2.04. The Kier molecular flexibility index (Phi) is 4.45. The molecule has 2 aliphatic rings. The second-order valence-corrected chi connectivity index (χ2v) is 5.80. The minimum Gasteiger partial charge on any atom is -0.391 e. The van der Waals surface area contributed by atoms with Gasteiger partial charge in [-0.25, -0.2) is 0 Å².